The minimum absolute atomic E-state index is 0.112. The normalized spacial score (nSPS) is 36.1. The zero-order valence-electron chi connectivity index (χ0n) is 31.1. The molecule has 0 bridgehead atoms. The van der Waals surface area contributed by atoms with Crippen molar-refractivity contribution in [1.29, 1.82) is 0 Å². The second-order valence-electron chi connectivity index (χ2n) is 16.4. The largest absolute Gasteiger partial charge is 0.462 e. The van der Waals surface area contributed by atoms with Crippen LogP contribution in [-0.4, -0.2) is 57.1 Å². The Hall–Kier alpha value is -3.06. The second-order valence-corrected chi connectivity index (χ2v) is 16.4. The van der Waals surface area contributed by atoms with Crippen LogP contribution in [0.1, 0.15) is 108 Å². The van der Waals surface area contributed by atoms with Crippen LogP contribution in [0.2, 0.25) is 0 Å². The molecule has 6 atom stereocenters. The van der Waals surface area contributed by atoms with E-state index in [9.17, 15) is 19.8 Å². The first kappa shape index (κ1) is 37.8. The third kappa shape index (κ3) is 7.41. The van der Waals surface area contributed by atoms with Gasteiger partial charge in [0.15, 0.2) is 0 Å². The molecule has 4 fully saturated rings. The molecule has 0 amide bonds. The number of aliphatic hydroxyl groups is 2. The van der Waals surface area contributed by atoms with Crippen molar-refractivity contribution < 1.29 is 28.9 Å². The van der Waals surface area contributed by atoms with Crippen LogP contribution >= 0.6 is 0 Å². The number of fused-ring (bicyclic) bond motifs is 1. The maximum Gasteiger partial charge on any atom is 0.326 e. The quantitative estimate of drug-likeness (QED) is 0.0581. The molecule has 2 N–H and O–H groups in total. The lowest BCUT2D eigenvalue weighted by Gasteiger charge is -2.46. The molecular formula is C42H59O6+. The monoisotopic (exact) mass is 659 g/mol. The molecule has 2 aliphatic carbocycles. The number of epoxide rings is 2. The van der Waals surface area contributed by atoms with Crippen molar-refractivity contribution in [2.45, 2.75) is 143 Å². The van der Waals surface area contributed by atoms with Gasteiger partial charge in [0.25, 0.3) is 5.60 Å². The number of allylic oxidation sites excluding steroid dienone is 14. The summed E-state index contributed by atoms with van der Waals surface area (Å²) in [4.78, 5) is 24.7. The summed E-state index contributed by atoms with van der Waals surface area (Å²) in [6, 6.07) is 0. The van der Waals surface area contributed by atoms with Crippen molar-refractivity contribution in [3.05, 3.63) is 94.7 Å². The summed E-state index contributed by atoms with van der Waals surface area (Å²) in [5.74, 6) is -0.139. The van der Waals surface area contributed by atoms with Crippen LogP contribution in [0.4, 0.5) is 0 Å². The third-order valence-electron chi connectivity index (χ3n) is 11.0. The van der Waals surface area contributed by atoms with E-state index in [1.807, 2.05) is 63.3 Å². The third-order valence-corrected chi connectivity index (χ3v) is 11.0. The first-order valence-corrected chi connectivity index (χ1v) is 17.5. The molecule has 262 valence electrons. The summed E-state index contributed by atoms with van der Waals surface area (Å²) >= 11 is 0. The van der Waals surface area contributed by atoms with Crippen LogP contribution in [0.5, 0.6) is 0 Å². The highest BCUT2D eigenvalue weighted by molar-refractivity contribution is 6.03. The lowest BCUT2D eigenvalue weighted by Crippen LogP contribution is -2.53. The summed E-state index contributed by atoms with van der Waals surface area (Å²) in [6.07, 6.45) is 24.9. The lowest BCUT2D eigenvalue weighted by molar-refractivity contribution is -0.152. The number of carbonyl (C=O) groups excluding carboxylic acids is 2. The Bertz CT molecular complexity index is 1520. The summed E-state index contributed by atoms with van der Waals surface area (Å²) in [7, 11) is 0. The van der Waals surface area contributed by atoms with Crippen LogP contribution < -0.4 is 0 Å². The molecule has 2 heterocycles. The van der Waals surface area contributed by atoms with Gasteiger partial charge in [-0.25, -0.2) is 0 Å². The van der Waals surface area contributed by atoms with E-state index in [4.69, 9.17) is 4.74 Å². The van der Waals surface area contributed by atoms with Crippen molar-refractivity contribution in [1.82, 2.24) is 0 Å². The van der Waals surface area contributed by atoms with Gasteiger partial charge in [-0.1, -0.05) is 111 Å². The number of Topliss-reactive ketones (excluding diaryl/α,β-unsaturated/α-hetero) is 1. The van der Waals surface area contributed by atoms with E-state index in [2.05, 4.69) is 77.1 Å². The van der Waals surface area contributed by atoms with Crippen LogP contribution in [0.3, 0.4) is 0 Å². The van der Waals surface area contributed by atoms with Crippen LogP contribution in [0.15, 0.2) is 94.7 Å². The highest BCUT2D eigenvalue weighted by atomic mass is 16.9. The summed E-state index contributed by atoms with van der Waals surface area (Å²) in [5.41, 5.74) is 3.46. The number of esters is 1. The lowest BCUT2D eigenvalue weighted by atomic mass is 9.61. The van der Waals surface area contributed by atoms with Crippen molar-refractivity contribution in [2.75, 3.05) is 0 Å². The van der Waals surface area contributed by atoms with E-state index in [1.54, 1.807) is 0 Å². The van der Waals surface area contributed by atoms with Crippen molar-refractivity contribution in [3.8, 4) is 0 Å². The molecule has 48 heavy (non-hydrogen) atoms. The fourth-order valence-electron chi connectivity index (χ4n) is 9.13. The predicted molar refractivity (Wildman–Crippen MR) is 194 cm³/mol. The smallest absolute Gasteiger partial charge is 0.326 e. The zero-order chi connectivity index (χ0) is 35.9. The maximum absolute atomic E-state index is 13.3. The Labute approximate surface area is 289 Å². The number of carbonyl (C=O) groups is 2. The first-order chi connectivity index (χ1) is 22.2. The molecule has 6 heteroatoms. The molecule has 4 rings (SSSR count). The molecule has 2 saturated heterocycles. The van der Waals surface area contributed by atoms with Gasteiger partial charge in [-0.05, 0) is 64.9 Å². The summed E-state index contributed by atoms with van der Waals surface area (Å²) in [5, 5.41) is 21.5. The topological polar surface area (TPSA) is 86.5 Å². The van der Waals surface area contributed by atoms with Gasteiger partial charge in [-0.15, -0.1) is 0 Å². The molecule has 0 aromatic heterocycles. The minimum Gasteiger partial charge on any atom is -0.462 e. The number of hydrogen-bond donors (Lipinski definition) is 2. The molecular weight excluding hydrogens is 600 g/mol. The molecule has 0 aromatic carbocycles. The highest BCUT2D eigenvalue weighted by Crippen LogP contribution is 2.86. The fourth-order valence-corrected chi connectivity index (χ4v) is 9.13. The molecule has 2 aliphatic heterocycles. The van der Waals surface area contributed by atoms with E-state index in [-0.39, 0.29) is 52.1 Å². The number of rotatable bonds is 11. The predicted octanol–water partition coefficient (Wildman–Crippen LogP) is 8.46. The van der Waals surface area contributed by atoms with E-state index in [1.165, 1.54) is 12.5 Å². The van der Waals surface area contributed by atoms with Gasteiger partial charge in [0.2, 0.25) is 5.78 Å². The molecule has 6 nitrogen and oxygen atoms in total. The average molecular weight is 660 g/mol. The van der Waals surface area contributed by atoms with Gasteiger partial charge in [0.05, 0.1) is 23.5 Å². The molecule has 0 radical (unpaired) electrons. The number of ether oxygens (including phenoxy) is 1. The zero-order valence-corrected chi connectivity index (χ0v) is 31.1. The van der Waals surface area contributed by atoms with Crippen molar-refractivity contribution in [2.24, 2.45) is 10.8 Å². The molecule has 2 saturated carbocycles. The SMILES string of the molecule is CC(=O)O[C@H]1CC(C)(C)/C(=C\C/C(C)=C/C=C/C(C)=C/C=C/C=C(C)/C=C/C=C(\C)C(=O)C2[O+]3[C@]4(C)C[C@@H](O)CC(C)(C)[C@]234)[C@](C)(O)C1. The Morgan fingerprint density at radius 1 is 0.812 bits per heavy atom. The van der Waals surface area contributed by atoms with Gasteiger partial charge < -0.3 is 19.3 Å². The van der Waals surface area contributed by atoms with Crippen LogP contribution in [-0.2, 0) is 18.7 Å². The number of ketones is 1. The summed E-state index contributed by atoms with van der Waals surface area (Å²) < 4.78 is 8.73. The second kappa shape index (κ2) is 13.7. The number of aliphatic hydroxyl groups excluding tert-OH is 1. The molecule has 0 aromatic rings. The molecule has 1 unspecified atom stereocenters. The Morgan fingerprint density at radius 3 is 1.94 bits per heavy atom. The van der Waals surface area contributed by atoms with E-state index in [0.717, 1.165) is 41.6 Å². The van der Waals surface area contributed by atoms with Gasteiger partial charge >= 0.3 is 17.7 Å². The van der Waals surface area contributed by atoms with E-state index >= 15 is 0 Å². The van der Waals surface area contributed by atoms with Crippen LogP contribution in [0, 0.1) is 10.8 Å². The number of hydrogen-bond acceptors (Lipinski definition) is 5. The van der Waals surface area contributed by atoms with Gasteiger partial charge in [0, 0.05) is 25.8 Å². The molecule has 1 spiro atoms. The van der Waals surface area contributed by atoms with E-state index < -0.39 is 5.60 Å². The van der Waals surface area contributed by atoms with Gasteiger partial charge in [-0.2, -0.15) is 0 Å². The average Bonchev–Trinajstić information content (AvgIpc) is 3.80. The highest BCUT2D eigenvalue weighted by Gasteiger charge is 3.11. The Kier molecular flexibility index (Phi) is 10.8. The standard InChI is InChI=1S/C42H59O6/c1-28(18-14-19-30(3)22-23-35-38(6,7)26-34(47-32(5)43)27-40(35,10)46)16-12-13-17-29(2)20-15-21-31(4)36(45)37-42-39(8,9)24-33(44)25-41(42,11)48(37)42/h12-21,23,33-34,37,44,46H,22,24-27H2,1-11H3/q+1/b13-12+,18-14+,20-15+,28-16+,29-17+,30-19+,31-21+,35-23+/t33-,34-,37?,40+,41+,42-/m0/s1. The van der Waals surface area contributed by atoms with Gasteiger partial charge in [-0.3, -0.25) is 9.59 Å². The Balaban J connectivity index is 1.25. The molecule has 4 aliphatic rings. The summed E-state index contributed by atoms with van der Waals surface area (Å²) in [6.45, 7) is 22.0. The maximum atomic E-state index is 13.3. The minimum atomic E-state index is -1.02. The van der Waals surface area contributed by atoms with Crippen LogP contribution in [0.25, 0.3) is 0 Å². The first-order valence-electron chi connectivity index (χ1n) is 17.5. The van der Waals surface area contributed by atoms with Crippen molar-refractivity contribution in [3.63, 3.8) is 0 Å². The van der Waals surface area contributed by atoms with E-state index in [0.29, 0.717) is 12.8 Å². The van der Waals surface area contributed by atoms with Crippen molar-refractivity contribution >= 4 is 11.8 Å². The fraction of sp³-hybridized carbons (Fsp3) is 0.571. The Morgan fingerprint density at radius 2 is 1.40 bits per heavy atom. The van der Waals surface area contributed by atoms with Gasteiger partial charge in [0.1, 0.15) is 6.10 Å².